The van der Waals surface area contributed by atoms with Gasteiger partial charge in [-0.15, -0.1) is 0 Å². The summed E-state index contributed by atoms with van der Waals surface area (Å²) in [6.07, 6.45) is 4.23. The highest BCUT2D eigenvalue weighted by atomic mass is 15.2. The van der Waals surface area contributed by atoms with Gasteiger partial charge in [-0.25, -0.2) is 4.98 Å². The van der Waals surface area contributed by atoms with Gasteiger partial charge in [-0.3, -0.25) is 0 Å². The van der Waals surface area contributed by atoms with E-state index in [-0.39, 0.29) is 0 Å². The van der Waals surface area contributed by atoms with E-state index in [1.54, 1.807) is 0 Å². The molecule has 1 aliphatic heterocycles. The van der Waals surface area contributed by atoms with Crippen molar-refractivity contribution in [1.29, 1.82) is 0 Å². The molecule has 2 heteroatoms. The highest BCUT2D eigenvalue weighted by Crippen LogP contribution is 2.19. The first-order valence-corrected chi connectivity index (χ1v) is 4.80. The number of hydrogen-bond acceptors (Lipinski definition) is 2. The van der Waals surface area contributed by atoms with E-state index >= 15 is 0 Å². The fraction of sp³-hybridized carbons (Fsp3) is 0.455. The Hall–Kier alpha value is -1.05. The molecule has 0 spiro atoms. The van der Waals surface area contributed by atoms with Crippen molar-refractivity contribution >= 4 is 5.82 Å². The van der Waals surface area contributed by atoms with Gasteiger partial charge in [-0.1, -0.05) is 19.9 Å². The van der Waals surface area contributed by atoms with Gasteiger partial charge < -0.3 is 4.90 Å². The second-order valence-corrected chi connectivity index (χ2v) is 3.80. The quantitative estimate of drug-likeness (QED) is 0.685. The number of hydrogen-bond donors (Lipinski definition) is 0. The Labute approximate surface area is 79.6 Å². The van der Waals surface area contributed by atoms with Gasteiger partial charge in [0.05, 0.1) is 0 Å². The molecule has 1 aromatic heterocycles. The van der Waals surface area contributed by atoms with Crippen LogP contribution in [0.15, 0.2) is 18.3 Å². The molecule has 69 valence electrons. The molecule has 2 nitrogen and oxygen atoms in total. The minimum absolute atomic E-state index is 0.574. The molecule has 0 N–H and O–H groups in total. The lowest BCUT2D eigenvalue weighted by Crippen LogP contribution is -2.38. The van der Waals surface area contributed by atoms with E-state index in [0.717, 1.165) is 18.9 Å². The first-order valence-electron chi connectivity index (χ1n) is 4.80. The van der Waals surface area contributed by atoms with E-state index in [0.29, 0.717) is 5.92 Å². The van der Waals surface area contributed by atoms with Gasteiger partial charge >= 0.3 is 0 Å². The molecule has 1 saturated heterocycles. The van der Waals surface area contributed by atoms with Crippen molar-refractivity contribution in [3.63, 3.8) is 0 Å². The smallest absolute Gasteiger partial charge is 0.128 e. The van der Waals surface area contributed by atoms with Crippen molar-refractivity contribution < 1.29 is 0 Å². The van der Waals surface area contributed by atoms with E-state index in [1.165, 1.54) is 5.56 Å². The van der Waals surface area contributed by atoms with Crippen molar-refractivity contribution in [3.05, 3.63) is 30.3 Å². The lowest BCUT2D eigenvalue weighted by atomic mass is 10.1. The maximum absolute atomic E-state index is 4.43. The number of nitrogens with zero attached hydrogens (tertiary/aromatic N) is 2. The fourth-order valence-corrected chi connectivity index (χ4v) is 1.37. The minimum atomic E-state index is 0.574. The normalized spacial score (nSPS) is 16.1. The van der Waals surface area contributed by atoms with E-state index in [9.17, 15) is 0 Å². The molecule has 1 aromatic rings. The Kier molecular flexibility index (Phi) is 2.21. The monoisotopic (exact) mass is 175 g/mol. The van der Waals surface area contributed by atoms with Gasteiger partial charge in [-0.05, 0) is 17.5 Å². The van der Waals surface area contributed by atoms with Crippen molar-refractivity contribution in [3.8, 4) is 0 Å². The van der Waals surface area contributed by atoms with Gasteiger partial charge in [-0.2, -0.15) is 0 Å². The van der Waals surface area contributed by atoms with Crippen LogP contribution in [-0.4, -0.2) is 18.1 Å². The lowest BCUT2D eigenvalue weighted by Gasteiger charge is -2.31. The zero-order chi connectivity index (χ0) is 9.26. The molecule has 2 heterocycles. The third-order valence-electron chi connectivity index (χ3n) is 2.46. The molecule has 13 heavy (non-hydrogen) atoms. The highest BCUT2D eigenvalue weighted by molar-refractivity contribution is 5.44. The maximum atomic E-state index is 4.43. The zero-order valence-corrected chi connectivity index (χ0v) is 8.20. The van der Waals surface area contributed by atoms with Crippen LogP contribution in [0, 0.1) is 6.42 Å². The van der Waals surface area contributed by atoms with Gasteiger partial charge in [0.25, 0.3) is 0 Å². The third kappa shape index (κ3) is 1.67. The average Bonchev–Trinajstić information content (AvgIpc) is 2.02. The van der Waals surface area contributed by atoms with Crippen LogP contribution in [0.4, 0.5) is 5.82 Å². The molecule has 0 bridgehead atoms. The number of anilines is 1. The number of aromatic nitrogens is 1. The summed E-state index contributed by atoms with van der Waals surface area (Å²) in [5, 5.41) is 0. The summed E-state index contributed by atoms with van der Waals surface area (Å²) in [6.45, 7) is 6.48. The van der Waals surface area contributed by atoms with Crippen molar-refractivity contribution in [2.45, 2.75) is 19.8 Å². The van der Waals surface area contributed by atoms with Crippen LogP contribution < -0.4 is 4.90 Å². The molecule has 0 saturated carbocycles. The molecular formula is C11H15N2. The summed E-state index contributed by atoms with van der Waals surface area (Å²) in [6, 6.07) is 4.29. The van der Waals surface area contributed by atoms with Gasteiger partial charge in [0.15, 0.2) is 0 Å². The Morgan fingerprint density at radius 2 is 2.08 bits per heavy atom. The Balaban J connectivity index is 2.13. The van der Waals surface area contributed by atoms with E-state index in [1.807, 2.05) is 6.20 Å². The summed E-state index contributed by atoms with van der Waals surface area (Å²) in [7, 11) is 0. The van der Waals surface area contributed by atoms with Gasteiger partial charge in [0, 0.05) is 25.7 Å². The summed E-state index contributed by atoms with van der Waals surface area (Å²) in [4.78, 5) is 6.68. The molecule has 1 aliphatic rings. The number of pyridine rings is 1. The van der Waals surface area contributed by atoms with Crippen molar-refractivity contribution in [2.24, 2.45) is 0 Å². The molecule has 1 radical (unpaired) electrons. The molecule has 2 rings (SSSR count). The molecule has 0 unspecified atom stereocenters. The summed E-state index contributed by atoms with van der Waals surface area (Å²) in [5.41, 5.74) is 1.31. The van der Waals surface area contributed by atoms with Crippen LogP contribution >= 0.6 is 0 Å². The van der Waals surface area contributed by atoms with Gasteiger partial charge in [0.1, 0.15) is 5.82 Å². The van der Waals surface area contributed by atoms with Crippen LogP contribution in [0.2, 0.25) is 0 Å². The van der Waals surface area contributed by atoms with Crippen molar-refractivity contribution in [2.75, 3.05) is 18.0 Å². The highest BCUT2D eigenvalue weighted by Gasteiger charge is 2.15. The van der Waals surface area contributed by atoms with Crippen molar-refractivity contribution in [1.82, 2.24) is 4.98 Å². The number of rotatable bonds is 2. The lowest BCUT2D eigenvalue weighted by molar-refractivity contribution is 0.746. The summed E-state index contributed by atoms with van der Waals surface area (Å²) in [5.74, 6) is 1.68. The molecule has 1 fully saturated rings. The first-order chi connectivity index (χ1) is 6.27. The molecule has 0 aromatic carbocycles. The maximum Gasteiger partial charge on any atom is 0.128 e. The predicted molar refractivity (Wildman–Crippen MR) is 54.8 cm³/mol. The van der Waals surface area contributed by atoms with E-state index in [2.05, 4.69) is 42.3 Å². The van der Waals surface area contributed by atoms with E-state index in [4.69, 9.17) is 0 Å². The average molecular weight is 175 g/mol. The van der Waals surface area contributed by atoms with Crippen LogP contribution in [0.3, 0.4) is 0 Å². The van der Waals surface area contributed by atoms with Crippen LogP contribution in [-0.2, 0) is 0 Å². The second kappa shape index (κ2) is 3.36. The molecular weight excluding hydrogens is 160 g/mol. The molecule has 0 aliphatic carbocycles. The van der Waals surface area contributed by atoms with Crippen LogP contribution in [0.5, 0.6) is 0 Å². The zero-order valence-electron chi connectivity index (χ0n) is 8.20. The first kappa shape index (κ1) is 8.54. The van der Waals surface area contributed by atoms with Crippen LogP contribution in [0.25, 0.3) is 0 Å². The topological polar surface area (TPSA) is 16.1 Å². The molecule has 0 amide bonds. The third-order valence-corrected chi connectivity index (χ3v) is 2.46. The fourth-order valence-electron chi connectivity index (χ4n) is 1.37. The SMILES string of the molecule is CC(C)c1ccc(N2C[CH]C2)nc1. The standard InChI is InChI=1S/C11H15N2/c1-9(2)10-4-5-11(12-8-10)13-6-3-7-13/h3-5,8-9H,6-7H2,1-2H3. The Bertz CT molecular complexity index is 273. The Morgan fingerprint density at radius 3 is 2.46 bits per heavy atom. The second-order valence-electron chi connectivity index (χ2n) is 3.80. The predicted octanol–water partition coefficient (Wildman–Crippen LogP) is 2.23. The summed E-state index contributed by atoms with van der Waals surface area (Å²) < 4.78 is 0. The van der Waals surface area contributed by atoms with Crippen LogP contribution in [0.1, 0.15) is 25.3 Å². The largest absolute Gasteiger partial charge is 0.356 e. The minimum Gasteiger partial charge on any atom is -0.356 e. The summed E-state index contributed by atoms with van der Waals surface area (Å²) >= 11 is 0. The van der Waals surface area contributed by atoms with Gasteiger partial charge in [0.2, 0.25) is 0 Å². The molecule has 0 atom stereocenters. The Morgan fingerprint density at radius 1 is 1.31 bits per heavy atom. The van der Waals surface area contributed by atoms with E-state index < -0.39 is 0 Å².